The summed E-state index contributed by atoms with van der Waals surface area (Å²) in [5, 5.41) is 25.2. The van der Waals surface area contributed by atoms with Crippen LogP contribution in [0.1, 0.15) is 66.5 Å². The first kappa shape index (κ1) is 28.2. The molecular weight excluding hydrogens is 426 g/mol. The van der Waals surface area contributed by atoms with Crippen molar-refractivity contribution in [3.8, 4) is 5.75 Å². The Morgan fingerprint density at radius 1 is 1.12 bits per heavy atom. The zero-order valence-corrected chi connectivity index (χ0v) is 20.7. The highest BCUT2D eigenvalue weighted by Crippen LogP contribution is 2.26. The number of carbonyl (C=O) groups excluding carboxylic acids is 3. The summed E-state index contributed by atoms with van der Waals surface area (Å²) in [5.41, 5.74) is -0.366. The molecule has 0 bridgehead atoms. The Bertz CT molecular complexity index is 806. The van der Waals surface area contributed by atoms with E-state index in [2.05, 4.69) is 10.6 Å². The predicted molar refractivity (Wildman–Crippen MR) is 126 cm³/mol. The van der Waals surface area contributed by atoms with Gasteiger partial charge in [0.1, 0.15) is 23.4 Å². The first-order valence-electron chi connectivity index (χ1n) is 11.3. The van der Waals surface area contributed by atoms with E-state index in [0.29, 0.717) is 12.0 Å². The SMILES string of the molecule is CCC(C)C(NC(=O)OC(C)(C)C)C(=O)N(CCO)C(C(=O)NC(C)C)c1cccc(O)c1. The summed E-state index contributed by atoms with van der Waals surface area (Å²) >= 11 is 0. The molecule has 0 saturated carbocycles. The van der Waals surface area contributed by atoms with Gasteiger partial charge in [0, 0.05) is 12.6 Å². The molecule has 0 aliphatic rings. The highest BCUT2D eigenvalue weighted by molar-refractivity contribution is 5.92. The number of benzene rings is 1. The molecule has 9 nitrogen and oxygen atoms in total. The molecule has 0 aromatic heterocycles. The van der Waals surface area contributed by atoms with Crippen LogP contribution in [0.3, 0.4) is 0 Å². The Balaban J connectivity index is 3.43. The second kappa shape index (κ2) is 12.4. The average molecular weight is 466 g/mol. The maximum Gasteiger partial charge on any atom is 0.408 e. The summed E-state index contributed by atoms with van der Waals surface area (Å²) < 4.78 is 5.33. The molecule has 9 heteroatoms. The molecule has 3 unspecified atom stereocenters. The molecule has 3 amide bonds. The van der Waals surface area contributed by atoms with Gasteiger partial charge in [-0.25, -0.2) is 4.79 Å². The van der Waals surface area contributed by atoms with Gasteiger partial charge in [0.05, 0.1) is 6.61 Å². The fourth-order valence-corrected chi connectivity index (χ4v) is 3.30. The third kappa shape index (κ3) is 8.92. The highest BCUT2D eigenvalue weighted by atomic mass is 16.6. The van der Waals surface area contributed by atoms with Gasteiger partial charge in [-0.15, -0.1) is 0 Å². The number of phenolic OH excluding ortho intramolecular Hbond substituents is 1. The fourth-order valence-electron chi connectivity index (χ4n) is 3.30. The van der Waals surface area contributed by atoms with Crippen molar-refractivity contribution in [2.24, 2.45) is 5.92 Å². The Hall–Kier alpha value is -2.81. The Kier molecular flexibility index (Phi) is 10.6. The number of hydrogen-bond donors (Lipinski definition) is 4. The van der Waals surface area contributed by atoms with Gasteiger partial charge >= 0.3 is 6.09 Å². The van der Waals surface area contributed by atoms with Crippen molar-refractivity contribution in [3.63, 3.8) is 0 Å². The van der Waals surface area contributed by atoms with Crippen LogP contribution in [0.5, 0.6) is 5.75 Å². The number of alkyl carbamates (subject to hydrolysis) is 1. The number of hydrogen-bond acceptors (Lipinski definition) is 6. The molecule has 0 fully saturated rings. The Morgan fingerprint density at radius 3 is 2.24 bits per heavy atom. The van der Waals surface area contributed by atoms with Crippen LogP contribution in [-0.2, 0) is 14.3 Å². The van der Waals surface area contributed by atoms with E-state index in [1.54, 1.807) is 46.8 Å². The van der Waals surface area contributed by atoms with Crippen LogP contribution < -0.4 is 10.6 Å². The van der Waals surface area contributed by atoms with Crippen LogP contribution in [0.15, 0.2) is 24.3 Å². The largest absolute Gasteiger partial charge is 0.508 e. The molecule has 186 valence electrons. The third-order valence-electron chi connectivity index (χ3n) is 4.95. The molecule has 3 atom stereocenters. The van der Waals surface area contributed by atoms with E-state index < -0.39 is 42.2 Å². The van der Waals surface area contributed by atoms with Crippen LogP contribution in [0.2, 0.25) is 0 Å². The lowest BCUT2D eigenvalue weighted by atomic mass is 9.95. The number of nitrogens with one attached hydrogen (secondary N) is 2. The van der Waals surface area contributed by atoms with Crippen molar-refractivity contribution in [1.82, 2.24) is 15.5 Å². The van der Waals surface area contributed by atoms with Crippen molar-refractivity contribution >= 4 is 17.9 Å². The lowest BCUT2D eigenvalue weighted by molar-refractivity contribution is -0.144. The molecule has 0 spiro atoms. The summed E-state index contributed by atoms with van der Waals surface area (Å²) in [5.74, 6) is -1.32. The van der Waals surface area contributed by atoms with Gasteiger partial charge in [-0.2, -0.15) is 0 Å². The molecule has 0 saturated heterocycles. The number of carbonyl (C=O) groups is 3. The molecule has 1 aromatic carbocycles. The van der Waals surface area contributed by atoms with Crippen molar-refractivity contribution < 1.29 is 29.3 Å². The summed E-state index contributed by atoms with van der Waals surface area (Å²) in [6, 6.07) is 3.77. The number of rotatable bonds is 10. The lowest BCUT2D eigenvalue weighted by Crippen LogP contribution is -2.56. The molecule has 0 radical (unpaired) electrons. The van der Waals surface area contributed by atoms with E-state index in [1.807, 2.05) is 13.8 Å². The normalized spacial score (nSPS) is 14.2. The molecule has 4 N–H and O–H groups in total. The molecule has 1 aromatic rings. The van der Waals surface area contributed by atoms with Crippen LogP contribution in [0.4, 0.5) is 4.79 Å². The number of phenols is 1. The second-order valence-electron chi connectivity index (χ2n) is 9.43. The van der Waals surface area contributed by atoms with Gasteiger partial charge in [-0.05, 0) is 58.2 Å². The molecule has 0 heterocycles. The van der Waals surface area contributed by atoms with Crippen LogP contribution in [0.25, 0.3) is 0 Å². The van der Waals surface area contributed by atoms with E-state index in [-0.39, 0.29) is 24.3 Å². The molecule has 33 heavy (non-hydrogen) atoms. The van der Waals surface area contributed by atoms with E-state index in [0.717, 1.165) is 0 Å². The maximum absolute atomic E-state index is 13.7. The van der Waals surface area contributed by atoms with Gasteiger partial charge in [-0.1, -0.05) is 32.4 Å². The number of aromatic hydroxyl groups is 1. The summed E-state index contributed by atoms with van der Waals surface area (Å²) in [4.78, 5) is 40.6. The van der Waals surface area contributed by atoms with Crippen LogP contribution in [0, 0.1) is 5.92 Å². The second-order valence-corrected chi connectivity index (χ2v) is 9.43. The number of amides is 3. The van der Waals surface area contributed by atoms with E-state index in [4.69, 9.17) is 4.74 Å². The van der Waals surface area contributed by atoms with Gasteiger partial charge < -0.3 is 30.5 Å². The number of aliphatic hydroxyl groups is 1. The summed E-state index contributed by atoms with van der Waals surface area (Å²) in [6.07, 6.45) is -0.167. The minimum atomic E-state index is -1.12. The maximum atomic E-state index is 13.7. The fraction of sp³-hybridized carbons (Fsp3) is 0.625. The summed E-state index contributed by atoms with van der Waals surface area (Å²) in [6.45, 7) is 11.9. The van der Waals surface area contributed by atoms with Gasteiger partial charge in [0.25, 0.3) is 0 Å². The topological polar surface area (TPSA) is 128 Å². The first-order chi connectivity index (χ1) is 15.3. The van der Waals surface area contributed by atoms with Crippen molar-refractivity contribution in [2.45, 2.75) is 78.6 Å². The van der Waals surface area contributed by atoms with Crippen LogP contribution in [-0.4, -0.2) is 63.9 Å². The molecule has 1 rings (SSSR count). The molecular formula is C24H39N3O6. The van der Waals surface area contributed by atoms with Gasteiger partial charge in [0.2, 0.25) is 11.8 Å². The number of aliphatic hydroxyl groups excluding tert-OH is 1. The van der Waals surface area contributed by atoms with Gasteiger partial charge in [-0.3, -0.25) is 9.59 Å². The van der Waals surface area contributed by atoms with E-state index in [9.17, 15) is 24.6 Å². The number of nitrogens with zero attached hydrogens (tertiary/aromatic N) is 1. The highest BCUT2D eigenvalue weighted by Gasteiger charge is 2.38. The zero-order chi connectivity index (χ0) is 25.3. The Morgan fingerprint density at radius 2 is 1.76 bits per heavy atom. The summed E-state index contributed by atoms with van der Waals surface area (Å²) in [7, 11) is 0. The Labute approximate surface area is 196 Å². The molecule has 0 aliphatic carbocycles. The van der Waals surface area contributed by atoms with E-state index in [1.165, 1.54) is 17.0 Å². The zero-order valence-electron chi connectivity index (χ0n) is 20.7. The van der Waals surface area contributed by atoms with Crippen molar-refractivity contribution in [1.29, 1.82) is 0 Å². The third-order valence-corrected chi connectivity index (χ3v) is 4.95. The lowest BCUT2D eigenvalue weighted by Gasteiger charge is -2.36. The van der Waals surface area contributed by atoms with Crippen molar-refractivity contribution in [3.05, 3.63) is 29.8 Å². The predicted octanol–water partition coefficient (Wildman–Crippen LogP) is 2.72. The van der Waals surface area contributed by atoms with Crippen molar-refractivity contribution in [2.75, 3.05) is 13.2 Å². The average Bonchev–Trinajstić information content (AvgIpc) is 2.68. The minimum Gasteiger partial charge on any atom is -0.508 e. The van der Waals surface area contributed by atoms with Crippen LogP contribution >= 0.6 is 0 Å². The minimum absolute atomic E-state index is 0.0587. The smallest absolute Gasteiger partial charge is 0.408 e. The monoisotopic (exact) mass is 465 g/mol. The quantitative estimate of drug-likeness (QED) is 0.421. The standard InChI is InChI=1S/C24H39N3O6/c1-8-16(4)19(26-23(32)33-24(5,6)7)22(31)27(12-13-28)20(21(30)25-15(2)3)17-10-9-11-18(29)14-17/h9-11,14-16,19-20,28-29H,8,12-13H2,1-7H3,(H,25,30)(H,26,32). The van der Waals surface area contributed by atoms with E-state index >= 15 is 0 Å². The number of ether oxygens (including phenoxy) is 1. The first-order valence-corrected chi connectivity index (χ1v) is 11.3. The van der Waals surface area contributed by atoms with Gasteiger partial charge in [0.15, 0.2) is 0 Å². The molecule has 0 aliphatic heterocycles.